The monoisotopic (exact) mass is 211 g/mol. The molecule has 0 radical (unpaired) electrons. The highest BCUT2D eigenvalue weighted by molar-refractivity contribution is 8.00. The van der Waals surface area contributed by atoms with E-state index in [2.05, 4.69) is 30.2 Å². The van der Waals surface area contributed by atoms with Crippen molar-refractivity contribution in [1.29, 1.82) is 0 Å². The molecule has 0 bridgehead atoms. The van der Waals surface area contributed by atoms with Crippen LogP contribution in [0.25, 0.3) is 0 Å². The minimum absolute atomic E-state index is 0.597. The van der Waals surface area contributed by atoms with E-state index in [9.17, 15) is 0 Å². The summed E-state index contributed by atoms with van der Waals surface area (Å²) in [6.07, 6.45) is 7.42. The van der Waals surface area contributed by atoms with Crippen molar-refractivity contribution in [2.45, 2.75) is 30.6 Å². The third kappa shape index (κ3) is 2.34. The molecule has 1 N–H and O–H groups in total. The average molecular weight is 211 g/mol. The molecule has 2 unspecified atom stereocenters. The Morgan fingerprint density at radius 3 is 3.21 bits per heavy atom. The number of thioether (sulfide) groups is 1. The molecular formula is C11H17NOS. The van der Waals surface area contributed by atoms with Crippen molar-refractivity contribution in [1.82, 2.24) is 5.32 Å². The normalized spacial score (nSPS) is 23.9. The van der Waals surface area contributed by atoms with Crippen LogP contribution in [0.1, 0.15) is 18.4 Å². The Balaban J connectivity index is 1.92. The molecule has 78 valence electrons. The minimum atomic E-state index is 0.597. The highest BCUT2D eigenvalue weighted by Gasteiger charge is 2.24. The van der Waals surface area contributed by atoms with Gasteiger partial charge in [0, 0.05) is 11.3 Å². The van der Waals surface area contributed by atoms with E-state index >= 15 is 0 Å². The van der Waals surface area contributed by atoms with E-state index < -0.39 is 0 Å². The minimum Gasteiger partial charge on any atom is -0.472 e. The van der Waals surface area contributed by atoms with Gasteiger partial charge >= 0.3 is 0 Å². The molecule has 0 aromatic carbocycles. The Labute approximate surface area is 89.4 Å². The molecule has 0 aliphatic carbocycles. The summed E-state index contributed by atoms with van der Waals surface area (Å²) in [5.74, 6) is 1.33. The van der Waals surface area contributed by atoms with Crippen LogP contribution in [0.4, 0.5) is 0 Å². The van der Waals surface area contributed by atoms with Crippen LogP contribution in [-0.4, -0.2) is 24.1 Å². The highest BCUT2D eigenvalue weighted by Crippen LogP contribution is 2.29. The van der Waals surface area contributed by atoms with Gasteiger partial charge in [-0.05, 0) is 43.7 Å². The van der Waals surface area contributed by atoms with Gasteiger partial charge in [-0.3, -0.25) is 0 Å². The number of nitrogens with one attached hydrogen (secondary N) is 1. The fourth-order valence-electron chi connectivity index (χ4n) is 2.00. The van der Waals surface area contributed by atoms with E-state index in [1.54, 1.807) is 6.26 Å². The van der Waals surface area contributed by atoms with Gasteiger partial charge < -0.3 is 9.73 Å². The first-order chi connectivity index (χ1) is 6.90. The molecule has 0 spiro atoms. The largest absolute Gasteiger partial charge is 0.472 e. The molecule has 1 saturated heterocycles. The first kappa shape index (κ1) is 10.1. The molecule has 14 heavy (non-hydrogen) atoms. The van der Waals surface area contributed by atoms with E-state index in [1.807, 2.05) is 6.26 Å². The Morgan fingerprint density at radius 1 is 1.71 bits per heavy atom. The fourth-order valence-corrected chi connectivity index (χ4v) is 3.44. The van der Waals surface area contributed by atoms with Crippen molar-refractivity contribution in [3.8, 4) is 0 Å². The summed E-state index contributed by atoms with van der Waals surface area (Å²) in [6.45, 7) is 0. The highest BCUT2D eigenvalue weighted by atomic mass is 32.2. The summed E-state index contributed by atoms with van der Waals surface area (Å²) < 4.78 is 5.09. The molecule has 0 saturated carbocycles. The number of rotatable bonds is 4. The summed E-state index contributed by atoms with van der Waals surface area (Å²) in [7, 11) is 2.06. The average Bonchev–Trinajstić information content (AvgIpc) is 2.86. The molecule has 1 aliphatic heterocycles. The molecule has 1 aliphatic rings. The van der Waals surface area contributed by atoms with Crippen molar-refractivity contribution in [3.05, 3.63) is 24.2 Å². The van der Waals surface area contributed by atoms with Crippen LogP contribution in [0.3, 0.4) is 0 Å². The Bertz CT molecular complexity index is 254. The molecule has 2 nitrogen and oxygen atoms in total. The van der Waals surface area contributed by atoms with Crippen LogP contribution in [0.15, 0.2) is 23.0 Å². The molecular weight excluding hydrogens is 194 g/mol. The quantitative estimate of drug-likeness (QED) is 0.827. The summed E-state index contributed by atoms with van der Waals surface area (Å²) >= 11 is 2.10. The maximum Gasteiger partial charge on any atom is 0.0935 e. The van der Waals surface area contributed by atoms with Crippen molar-refractivity contribution in [2.75, 3.05) is 12.8 Å². The number of likely N-dealkylation sites (N-methyl/N-ethyl adjacent to an activating group) is 1. The third-order valence-electron chi connectivity index (χ3n) is 2.82. The summed E-state index contributed by atoms with van der Waals surface area (Å²) in [6, 6.07) is 2.66. The first-order valence-corrected chi connectivity index (χ1v) is 6.25. The first-order valence-electron chi connectivity index (χ1n) is 5.20. The lowest BCUT2D eigenvalue weighted by molar-refractivity contribution is 0.516. The van der Waals surface area contributed by atoms with Gasteiger partial charge in [0.05, 0.1) is 12.5 Å². The molecule has 2 rings (SSSR count). The molecule has 1 aromatic heterocycles. The van der Waals surface area contributed by atoms with E-state index in [0.717, 1.165) is 11.7 Å². The van der Waals surface area contributed by atoms with Crippen LogP contribution < -0.4 is 5.32 Å². The van der Waals surface area contributed by atoms with Gasteiger partial charge in [0.2, 0.25) is 0 Å². The predicted octanol–water partition coefficient (Wildman–Crippen LogP) is 2.31. The molecule has 1 fully saturated rings. The fraction of sp³-hybridized carbons (Fsp3) is 0.636. The van der Waals surface area contributed by atoms with Gasteiger partial charge in [0.15, 0.2) is 0 Å². The summed E-state index contributed by atoms with van der Waals surface area (Å²) in [5, 5.41) is 4.21. The lowest BCUT2D eigenvalue weighted by atomic mass is 10.0. The Hall–Kier alpha value is -0.410. The van der Waals surface area contributed by atoms with Crippen LogP contribution in [-0.2, 0) is 6.42 Å². The standard InChI is InChI=1S/C11H17NOS/c1-12-10(11-3-2-6-14-11)7-9-4-5-13-8-9/h4-5,8,10-12H,2-3,6-7H2,1H3. The van der Waals surface area contributed by atoms with Crippen LogP contribution in [0.2, 0.25) is 0 Å². The zero-order valence-electron chi connectivity index (χ0n) is 8.53. The van der Waals surface area contributed by atoms with Crippen molar-refractivity contribution >= 4 is 11.8 Å². The van der Waals surface area contributed by atoms with Gasteiger partial charge in [0.1, 0.15) is 0 Å². The van der Waals surface area contributed by atoms with E-state index in [4.69, 9.17) is 4.42 Å². The van der Waals surface area contributed by atoms with Crippen LogP contribution in [0.5, 0.6) is 0 Å². The second-order valence-corrected chi connectivity index (χ2v) is 5.13. The molecule has 0 amide bonds. The number of furan rings is 1. The number of hydrogen-bond acceptors (Lipinski definition) is 3. The zero-order valence-corrected chi connectivity index (χ0v) is 9.35. The topological polar surface area (TPSA) is 25.2 Å². The van der Waals surface area contributed by atoms with Gasteiger partial charge in [-0.25, -0.2) is 0 Å². The van der Waals surface area contributed by atoms with E-state index in [1.165, 1.54) is 24.2 Å². The zero-order chi connectivity index (χ0) is 9.80. The lowest BCUT2D eigenvalue weighted by Gasteiger charge is -2.21. The van der Waals surface area contributed by atoms with E-state index in [0.29, 0.717) is 6.04 Å². The van der Waals surface area contributed by atoms with E-state index in [-0.39, 0.29) is 0 Å². The Kier molecular flexibility index (Phi) is 3.54. The SMILES string of the molecule is CNC(Cc1ccoc1)C1CCCS1. The van der Waals surface area contributed by atoms with Gasteiger partial charge in [-0.1, -0.05) is 0 Å². The van der Waals surface area contributed by atoms with Crippen LogP contribution in [0, 0.1) is 0 Å². The van der Waals surface area contributed by atoms with Gasteiger partial charge in [-0.2, -0.15) is 11.8 Å². The molecule has 3 heteroatoms. The molecule has 2 heterocycles. The molecule has 1 aromatic rings. The lowest BCUT2D eigenvalue weighted by Crippen LogP contribution is -2.36. The van der Waals surface area contributed by atoms with Crippen molar-refractivity contribution in [2.24, 2.45) is 0 Å². The maximum atomic E-state index is 5.09. The number of hydrogen-bond donors (Lipinski definition) is 1. The predicted molar refractivity (Wildman–Crippen MR) is 60.7 cm³/mol. The summed E-state index contributed by atoms with van der Waals surface area (Å²) in [5.41, 5.74) is 1.30. The van der Waals surface area contributed by atoms with Gasteiger partial charge in [-0.15, -0.1) is 0 Å². The van der Waals surface area contributed by atoms with Gasteiger partial charge in [0.25, 0.3) is 0 Å². The Morgan fingerprint density at radius 2 is 2.64 bits per heavy atom. The smallest absolute Gasteiger partial charge is 0.0935 e. The van der Waals surface area contributed by atoms with Crippen molar-refractivity contribution < 1.29 is 4.42 Å². The third-order valence-corrected chi connectivity index (χ3v) is 4.34. The maximum absolute atomic E-state index is 5.09. The van der Waals surface area contributed by atoms with Crippen LogP contribution >= 0.6 is 11.8 Å². The second-order valence-electron chi connectivity index (χ2n) is 3.78. The summed E-state index contributed by atoms with van der Waals surface area (Å²) in [4.78, 5) is 0. The van der Waals surface area contributed by atoms with Crippen molar-refractivity contribution in [3.63, 3.8) is 0 Å². The second kappa shape index (κ2) is 4.89. The molecule has 2 atom stereocenters.